The maximum atomic E-state index is 11.8. The van der Waals surface area contributed by atoms with E-state index in [0.29, 0.717) is 0 Å². The summed E-state index contributed by atoms with van der Waals surface area (Å²) >= 11 is 3.11. The lowest BCUT2D eigenvalue weighted by molar-refractivity contribution is -0.181. The minimum atomic E-state index is -1.93. The molecule has 3 unspecified atom stereocenters. The van der Waals surface area contributed by atoms with Gasteiger partial charge < -0.3 is 20.3 Å². The van der Waals surface area contributed by atoms with E-state index in [2.05, 4.69) is 21.2 Å². The topological polar surface area (TPSA) is 116 Å². The number of carbonyl (C=O) groups is 3. The van der Waals surface area contributed by atoms with Gasteiger partial charge in [-0.05, 0) is 20.8 Å². The number of nitrogens with one attached hydrogen (secondary N) is 1. The lowest BCUT2D eigenvalue weighted by Gasteiger charge is -2.47. The molecule has 8 nitrogen and oxygen atoms in total. The van der Waals surface area contributed by atoms with Crippen LogP contribution in [0.25, 0.3) is 0 Å². The molecular weight excluding hydrogens is 336 g/mol. The lowest BCUT2D eigenvalue weighted by atomic mass is 9.96. The molecule has 0 bridgehead atoms. The number of alkyl carbamates (subject to hydrolysis) is 1. The minimum Gasteiger partial charge on any atom is -0.478 e. The van der Waals surface area contributed by atoms with Gasteiger partial charge in [-0.3, -0.25) is 9.69 Å². The Morgan fingerprint density at radius 2 is 2.05 bits per heavy atom. The summed E-state index contributed by atoms with van der Waals surface area (Å²) in [6.45, 7) is 5.03. The molecule has 1 heterocycles. The van der Waals surface area contributed by atoms with Gasteiger partial charge in [0.2, 0.25) is 12.1 Å². The number of nitrogens with zero attached hydrogens (tertiary/aromatic N) is 1. The normalized spacial score (nSPS) is 23.9. The van der Waals surface area contributed by atoms with Crippen molar-refractivity contribution in [3.8, 4) is 0 Å². The van der Waals surface area contributed by atoms with Gasteiger partial charge in [0.05, 0.1) is 6.04 Å². The molecule has 3 N–H and O–H groups in total. The molecule has 1 aliphatic heterocycles. The molecule has 114 valence electrons. The Kier molecular flexibility index (Phi) is 4.98. The van der Waals surface area contributed by atoms with Crippen LogP contribution in [0.1, 0.15) is 20.8 Å². The average Bonchev–Trinajstić information content (AvgIpc) is 2.29. The molecule has 1 rings (SSSR count). The van der Waals surface area contributed by atoms with Crippen LogP contribution in [0.3, 0.4) is 0 Å². The largest absolute Gasteiger partial charge is 0.478 e. The molecule has 0 aromatic heterocycles. The van der Waals surface area contributed by atoms with Gasteiger partial charge >= 0.3 is 12.1 Å². The molecule has 9 heteroatoms. The number of aliphatic carboxylic acids is 1. The highest BCUT2D eigenvalue weighted by Gasteiger charge is 2.52. The van der Waals surface area contributed by atoms with Crippen molar-refractivity contribution in [3.05, 3.63) is 0 Å². The van der Waals surface area contributed by atoms with Crippen LogP contribution in [0.5, 0.6) is 0 Å². The van der Waals surface area contributed by atoms with Gasteiger partial charge in [-0.1, -0.05) is 15.9 Å². The highest BCUT2D eigenvalue weighted by Crippen LogP contribution is 2.24. The third-order valence-corrected chi connectivity index (χ3v) is 3.24. The Hall–Kier alpha value is -1.35. The number of alkyl halides is 1. The van der Waals surface area contributed by atoms with Crippen LogP contribution in [-0.2, 0) is 14.3 Å². The van der Waals surface area contributed by atoms with E-state index in [4.69, 9.17) is 9.84 Å². The van der Waals surface area contributed by atoms with Crippen molar-refractivity contribution in [1.29, 1.82) is 0 Å². The number of amides is 2. The first kappa shape index (κ1) is 16.7. The lowest BCUT2D eigenvalue weighted by Crippen LogP contribution is -2.74. The maximum Gasteiger partial charge on any atom is 0.408 e. The van der Waals surface area contributed by atoms with Crippen LogP contribution in [0.2, 0.25) is 0 Å². The summed E-state index contributed by atoms with van der Waals surface area (Å²) in [5.41, 5.74) is -0.707. The van der Waals surface area contributed by atoms with E-state index >= 15 is 0 Å². The van der Waals surface area contributed by atoms with Gasteiger partial charge in [0.25, 0.3) is 0 Å². The van der Waals surface area contributed by atoms with Crippen molar-refractivity contribution >= 4 is 33.9 Å². The number of hydrogen-bond acceptors (Lipinski definition) is 5. The number of aliphatic hydroxyl groups excluding tert-OH is 1. The number of likely N-dealkylation sites (tertiary alicyclic amines) is 1. The standard InChI is InChI=1S/C11H17BrN2O6/c1-11(2,3)20-10(19)13-6-5(4-12)14(7(6)15)8(16)9(17)18/h5-6,8,16H,4H2,1-3H3,(H,13,19)(H,17,18). The first-order valence-electron chi connectivity index (χ1n) is 5.87. The van der Waals surface area contributed by atoms with Crippen LogP contribution in [0.15, 0.2) is 0 Å². The van der Waals surface area contributed by atoms with Crippen molar-refractivity contribution in [3.63, 3.8) is 0 Å². The predicted molar refractivity (Wildman–Crippen MR) is 71.2 cm³/mol. The van der Waals surface area contributed by atoms with Gasteiger partial charge in [-0.2, -0.15) is 0 Å². The molecule has 2 amide bonds. The van der Waals surface area contributed by atoms with Crippen molar-refractivity contribution in [2.75, 3.05) is 5.33 Å². The fraction of sp³-hybridized carbons (Fsp3) is 0.727. The number of carboxylic acids is 1. The zero-order chi connectivity index (χ0) is 15.7. The van der Waals surface area contributed by atoms with Crippen molar-refractivity contribution in [1.82, 2.24) is 10.2 Å². The molecule has 0 spiro atoms. The van der Waals surface area contributed by atoms with Crippen molar-refractivity contribution in [2.45, 2.75) is 44.7 Å². The van der Waals surface area contributed by atoms with Crippen LogP contribution in [0.4, 0.5) is 4.79 Å². The van der Waals surface area contributed by atoms with Gasteiger partial charge in [0, 0.05) is 5.33 Å². The Morgan fingerprint density at radius 1 is 1.50 bits per heavy atom. The molecule has 0 aromatic carbocycles. The second kappa shape index (κ2) is 5.96. The Balaban J connectivity index is 2.68. The van der Waals surface area contributed by atoms with Crippen LogP contribution >= 0.6 is 15.9 Å². The predicted octanol–water partition coefficient (Wildman–Crippen LogP) is -0.112. The molecule has 0 aromatic rings. The summed E-state index contributed by atoms with van der Waals surface area (Å²) in [6.07, 6.45) is -2.70. The first-order valence-corrected chi connectivity index (χ1v) is 6.99. The molecule has 0 saturated carbocycles. The average molecular weight is 353 g/mol. The summed E-state index contributed by atoms with van der Waals surface area (Å²) in [5.74, 6) is -2.20. The summed E-state index contributed by atoms with van der Waals surface area (Å²) < 4.78 is 5.01. The van der Waals surface area contributed by atoms with E-state index in [-0.39, 0.29) is 5.33 Å². The molecule has 20 heavy (non-hydrogen) atoms. The number of hydrogen-bond donors (Lipinski definition) is 3. The third kappa shape index (κ3) is 3.60. The highest BCUT2D eigenvalue weighted by atomic mass is 79.9. The molecule has 1 fully saturated rings. The SMILES string of the molecule is CC(C)(C)OC(=O)NC1C(=O)N(C(O)C(=O)O)C1CBr. The number of aliphatic hydroxyl groups is 1. The molecule has 1 saturated heterocycles. The number of carbonyl (C=O) groups excluding carboxylic acids is 2. The second-order valence-corrected chi connectivity index (χ2v) is 5.95. The molecule has 0 aliphatic carbocycles. The van der Waals surface area contributed by atoms with E-state index in [1.807, 2.05) is 0 Å². The van der Waals surface area contributed by atoms with E-state index < -0.39 is 41.9 Å². The smallest absolute Gasteiger partial charge is 0.408 e. The number of halogens is 1. The van der Waals surface area contributed by atoms with Gasteiger partial charge in [-0.25, -0.2) is 9.59 Å². The Morgan fingerprint density at radius 3 is 2.45 bits per heavy atom. The van der Waals surface area contributed by atoms with Gasteiger partial charge in [0.15, 0.2) is 0 Å². The zero-order valence-electron chi connectivity index (χ0n) is 11.3. The summed E-state index contributed by atoms with van der Waals surface area (Å²) in [5, 5.41) is 20.7. The van der Waals surface area contributed by atoms with Crippen molar-refractivity contribution in [2.24, 2.45) is 0 Å². The number of rotatable bonds is 4. The quantitative estimate of drug-likeness (QED) is 0.480. The Bertz CT molecular complexity index is 422. The maximum absolute atomic E-state index is 11.8. The van der Waals surface area contributed by atoms with Gasteiger partial charge in [0.1, 0.15) is 11.6 Å². The second-order valence-electron chi connectivity index (χ2n) is 5.30. The van der Waals surface area contributed by atoms with E-state index in [1.54, 1.807) is 20.8 Å². The van der Waals surface area contributed by atoms with E-state index in [1.165, 1.54) is 0 Å². The van der Waals surface area contributed by atoms with Gasteiger partial charge in [-0.15, -0.1) is 0 Å². The molecule has 1 aliphatic rings. The molecule has 0 radical (unpaired) electrons. The minimum absolute atomic E-state index is 0.212. The highest BCUT2D eigenvalue weighted by molar-refractivity contribution is 9.09. The molecule has 3 atom stereocenters. The Labute approximate surface area is 124 Å². The fourth-order valence-corrected chi connectivity index (χ4v) is 2.43. The number of carboxylic acid groups (broad SMARTS) is 1. The van der Waals surface area contributed by atoms with E-state index in [0.717, 1.165) is 4.90 Å². The van der Waals surface area contributed by atoms with E-state index in [9.17, 15) is 19.5 Å². The van der Waals surface area contributed by atoms with Crippen molar-refractivity contribution < 1.29 is 29.3 Å². The number of ether oxygens (including phenoxy) is 1. The van der Waals surface area contributed by atoms with Crippen LogP contribution < -0.4 is 5.32 Å². The summed E-state index contributed by atoms with van der Waals surface area (Å²) in [4.78, 5) is 34.8. The fourth-order valence-electron chi connectivity index (χ4n) is 1.74. The van der Waals surface area contributed by atoms with Crippen LogP contribution in [0, 0.1) is 0 Å². The summed E-state index contributed by atoms with van der Waals surface area (Å²) in [7, 11) is 0. The third-order valence-electron chi connectivity index (χ3n) is 2.58. The molecular formula is C11H17BrN2O6. The van der Waals surface area contributed by atoms with Crippen LogP contribution in [-0.4, -0.2) is 62.3 Å². The summed E-state index contributed by atoms with van der Waals surface area (Å²) in [6, 6.07) is -1.57. The zero-order valence-corrected chi connectivity index (χ0v) is 12.9. The number of β-lactam (4-membered cyclic amide) rings is 1. The monoisotopic (exact) mass is 352 g/mol. The first-order chi connectivity index (χ1) is 9.08.